The summed E-state index contributed by atoms with van der Waals surface area (Å²) in [4.78, 5) is 24.4. The minimum atomic E-state index is -0.336. The number of carbonyl (C=O) groups is 1. The predicted octanol–water partition coefficient (Wildman–Crippen LogP) is 2.63. The number of hydrogen-bond donors (Lipinski definition) is 0. The van der Waals surface area contributed by atoms with Crippen LogP contribution in [0.2, 0.25) is 0 Å². The third-order valence-corrected chi connectivity index (χ3v) is 3.90. The van der Waals surface area contributed by atoms with Crippen molar-refractivity contribution in [3.63, 3.8) is 0 Å². The summed E-state index contributed by atoms with van der Waals surface area (Å²) < 4.78 is 10.6. The highest BCUT2D eigenvalue weighted by molar-refractivity contribution is 14.0. The summed E-state index contributed by atoms with van der Waals surface area (Å²) in [7, 11) is 1.96. The molecule has 2 aliphatic rings. The number of halogens is 1. The number of hydrogen-bond acceptors (Lipinski definition) is 4. The van der Waals surface area contributed by atoms with Crippen molar-refractivity contribution in [2.24, 2.45) is 9.98 Å². The minimum Gasteiger partial charge on any atom is -0.463 e. The number of likely N-dealkylation sites (N-methyl/N-ethyl adjacent to an activating group) is 1. The molecule has 1 aromatic carbocycles. The summed E-state index contributed by atoms with van der Waals surface area (Å²) in [5.74, 6) is 0.836. The average molecular weight is 458 g/mol. The Hall–Kier alpha value is -1.84. The molecule has 25 heavy (non-hydrogen) atoms. The van der Waals surface area contributed by atoms with Crippen molar-refractivity contribution >= 4 is 47.6 Å². The first-order valence-corrected chi connectivity index (χ1v) is 8.16. The van der Waals surface area contributed by atoms with Crippen molar-refractivity contribution in [3.05, 3.63) is 24.3 Å². The van der Waals surface area contributed by atoms with Gasteiger partial charge in [-0.2, -0.15) is 4.99 Å². The zero-order valence-corrected chi connectivity index (χ0v) is 16.8. The van der Waals surface area contributed by atoms with Crippen LogP contribution in [0.5, 0.6) is 5.75 Å². The third kappa shape index (κ3) is 5.32. The summed E-state index contributed by atoms with van der Waals surface area (Å²) >= 11 is 0. The number of ether oxygens (including phenoxy) is 2. The highest BCUT2D eigenvalue weighted by atomic mass is 127. The quantitative estimate of drug-likeness (QED) is 0.224. The number of esters is 1. The van der Waals surface area contributed by atoms with Gasteiger partial charge in [-0.05, 0) is 37.1 Å². The van der Waals surface area contributed by atoms with Crippen LogP contribution in [0.25, 0.3) is 0 Å². The Labute approximate surface area is 164 Å². The Kier molecular flexibility index (Phi) is 7.03. The minimum absolute atomic E-state index is 0. The fraction of sp³-hybridized carbons (Fsp3) is 0.471. The first-order valence-electron chi connectivity index (χ1n) is 8.16. The Bertz CT molecular complexity index is 654. The van der Waals surface area contributed by atoms with Crippen molar-refractivity contribution in [2.75, 3.05) is 33.3 Å². The molecule has 0 bridgehead atoms. The van der Waals surface area contributed by atoms with Gasteiger partial charge >= 0.3 is 5.97 Å². The van der Waals surface area contributed by atoms with Gasteiger partial charge in [0.2, 0.25) is 5.96 Å². The van der Waals surface area contributed by atoms with E-state index in [2.05, 4.69) is 14.9 Å². The van der Waals surface area contributed by atoms with E-state index in [0.29, 0.717) is 24.3 Å². The number of amidine groups is 1. The summed E-state index contributed by atoms with van der Waals surface area (Å²) in [6.45, 7) is 4.77. The Morgan fingerprint density at radius 2 is 1.84 bits per heavy atom. The molecule has 1 aromatic rings. The number of rotatable bonds is 2. The summed E-state index contributed by atoms with van der Waals surface area (Å²) in [5, 5.41) is 0. The largest absolute Gasteiger partial charge is 0.463 e. The molecule has 0 saturated carbocycles. The van der Waals surface area contributed by atoms with E-state index in [1.54, 1.807) is 12.1 Å². The fourth-order valence-corrected chi connectivity index (χ4v) is 2.64. The zero-order chi connectivity index (χ0) is 16.9. The van der Waals surface area contributed by atoms with Crippen LogP contribution in [0.1, 0.15) is 19.8 Å². The molecule has 7 nitrogen and oxygen atoms in total. The summed E-state index contributed by atoms with van der Waals surface area (Å²) in [5.41, 5.74) is 0.762. The maximum absolute atomic E-state index is 11.0. The Balaban J connectivity index is 0.00000225. The predicted molar refractivity (Wildman–Crippen MR) is 107 cm³/mol. The van der Waals surface area contributed by atoms with Crippen molar-refractivity contribution in [2.45, 2.75) is 19.8 Å². The Morgan fingerprint density at radius 3 is 2.40 bits per heavy atom. The molecular weight excluding hydrogens is 435 g/mol. The van der Waals surface area contributed by atoms with Gasteiger partial charge in [0.1, 0.15) is 12.4 Å². The van der Waals surface area contributed by atoms with E-state index in [4.69, 9.17) is 9.47 Å². The fourth-order valence-electron chi connectivity index (χ4n) is 2.64. The van der Waals surface area contributed by atoms with Crippen LogP contribution in [-0.2, 0) is 9.53 Å². The van der Waals surface area contributed by atoms with E-state index < -0.39 is 0 Å². The second-order valence-electron chi connectivity index (χ2n) is 5.86. The lowest BCUT2D eigenvalue weighted by Crippen LogP contribution is -2.29. The van der Waals surface area contributed by atoms with Gasteiger partial charge in [0.05, 0.1) is 12.2 Å². The topological polar surface area (TPSA) is 66.7 Å². The molecule has 3 rings (SSSR count). The second kappa shape index (κ2) is 9.02. The average Bonchev–Trinajstić information content (AvgIpc) is 3.20. The molecule has 2 heterocycles. The van der Waals surface area contributed by atoms with E-state index in [0.717, 1.165) is 38.2 Å². The van der Waals surface area contributed by atoms with Crippen LogP contribution in [-0.4, -0.2) is 61.0 Å². The van der Waals surface area contributed by atoms with Crippen molar-refractivity contribution in [1.82, 2.24) is 9.80 Å². The number of nitrogens with zero attached hydrogens (tertiary/aromatic N) is 4. The molecule has 0 amide bonds. The number of likely N-dealkylation sites (tertiary alicyclic amines) is 1. The highest BCUT2D eigenvalue weighted by Crippen LogP contribution is 2.20. The van der Waals surface area contributed by atoms with Crippen LogP contribution in [0.15, 0.2) is 34.3 Å². The monoisotopic (exact) mass is 458 g/mol. The van der Waals surface area contributed by atoms with Gasteiger partial charge in [-0.15, -0.1) is 24.0 Å². The molecule has 0 aromatic heterocycles. The van der Waals surface area contributed by atoms with E-state index in [1.165, 1.54) is 6.92 Å². The first-order chi connectivity index (χ1) is 11.6. The van der Waals surface area contributed by atoms with Crippen LogP contribution in [0.3, 0.4) is 0 Å². The molecule has 2 saturated heterocycles. The van der Waals surface area contributed by atoms with Crippen LogP contribution < -0.4 is 4.74 Å². The number of guanidine groups is 1. The van der Waals surface area contributed by atoms with Gasteiger partial charge in [-0.3, -0.25) is 4.79 Å². The van der Waals surface area contributed by atoms with Gasteiger partial charge < -0.3 is 19.3 Å². The lowest BCUT2D eigenvalue weighted by molar-refractivity contribution is -0.131. The molecule has 0 spiro atoms. The van der Waals surface area contributed by atoms with Gasteiger partial charge in [0.25, 0.3) is 6.02 Å². The Morgan fingerprint density at radius 1 is 1.16 bits per heavy atom. The lowest BCUT2D eigenvalue weighted by atomic mass is 10.3. The van der Waals surface area contributed by atoms with Gasteiger partial charge in [0.15, 0.2) is 0 Å². The normalized spacial score (nSPS) is 19.0. The molecule has 2 aliphatic heterocycles. The van der Waals surface area contributed by atoms with Crippen LogP contribution in [0.4, 0.5) is 5.69 Å². The highest BCUT2D eigenvalue weighted by Gasteiger charge is 2.21. The third-order valence-electron chi connectivity index (χ3n) is 3.90. The lowest BCUT2D eigenvalue weighted by Gasteiger charge is -2.18. The maximum atomic E-state index is 11.0. The first kappa shape index (κ1) is 19.5. The van der Waals surface area contributed by atoms with E-state index >= 15 is 0 Å². The van der Waals surface area contributed by atoms with Crippen LogP contribution >= 0.6 is 24.0 Å². The molecular formula is C17H23IN4O3. The summed E-state index contributed by atoms with van der Waals surface area (Å²) in [6, 6.07) is 7.69. The SMILES string of the molecule is CC(=O)Oc1ccc(N=C(N=C2OCCN2C)N2CCCC2)cc1.I. The van der Waals surface area contributed by atoms with E-state index in [9.17, 15) is 4.79 Å². The molecule has 2 fully saturated rings. The van der Waals surface area contributed by atoms with Gasteiger partial charge in [-0.1, -0.05) is 0 Å². The zero-order valence-electron chi connectivity index (χ0n) is 14.5. The summed E-state index contributed by atoms with van der Waals surface area (Å²) in [6.07, 6.45) is 2.29. The number of carbonyl (C=O) groups excluding carboxylic acids is 1. The molecule has 0 N–H and O–H groups in total. The molecule has 0 unspecified atom stereocenters. The molecule has 0 aliphatic carbocycles. The van der Waals surface area contributed by atoms with Crippen molar-refractivity contribution < 1.29 is 14.3 Å². The maximum Gasteiger partial charge on any atom is 0.308 e. The molecule has 136 valence electrons. The number of benzene rings is 1. The van der Waals surface area contributed by atoms with Gasteiger partial charge in [-0.25, -0.2) is 4.99 Å². The molecule has 0 radical (unpaired) electrons. The molecule has 0 atom stereocenters. The smallest absolute Gasteiger partial charge is 0.308 e. The second-order valence-corrected chi connectivity index (χ2v) is 5.86. The van der Waals surface area contributed by atoms with Crippen molar-refractivity contribution in [1.29, 1.82) is 0 Å². The molecule has 8 heteroatoms. The van der Waals surface area contributed by atoms with E-state index in [-0.39, 0.29) is 29.9 Å². The van der Waals surface area contributed by atoms with Gasteiger partial charge in [0, 0.05) is 27.1 Å². The standard InChI is InChI=1S/C17H22N4O3.HI/c1-13(22)24-15-7-5-14(6-8-15)18-16(21-9-3-4-10-21)19-17-20(2)11-12-23-17;/h5-8H,3-4,9-12H2,1-2H3;1H. The number of aliphatic imine (C=N–C) groups is 2. The van der Waals surface area contributed by atoms with E-state index in [1.807, 2.05) is 24.1 Å². The van der Waals surface area contributed by atoms with Crippen molar-refractivity contribution in [3.8, 4) is 5.75 Å². The van der Waals surface area contributed by atoms with Crippen LogP contribution in [0, 0.1) is 0 Å².